The first kappa shape index (κ1) is 18.2. The molecule has 25 heavy (non-hydrogen) atoms. The fourth-order valence-electron chi connectivity index (χ4n) is 2.29. The molecule has 0 aliphatic carbocycles. The Labute approximate surface area is 146 Å². The molecule has 0 fully saturated rings. The van der Waals surface area contributed by atoms with Gasteiger partial charge in [-0.3, -0.25) is 14.4 Å². The van der Waals surface area contributed by atoms with Gasteiger partial charge in [0, 0.05) is 31.0 Å². The van der Waals surface area contributed by atoms with Gasteiger partial charge < -0.3 is 15.4 Å². The minimum atomic E-state index is -0.275. The molecule has 6 heteroatoms. The first-order valence-electron chi connectivity index (χ1n) is 7.83. The van der Waals surface area contributed by atoms with E-state index in [1.54, 1.807) is 42.5 Å². The van der Waals surface area contributed by atoms with Crippen LogP contribution in [0.1, 0.15) is 30.1 Å². The summed E-state index contributed by atoms with van der Waals surface area (Å²) in [5, 5.41) is 5.36. The van der Waals surface area contributed by atoms with Crippen LogP contribution in [-0.4, -0.2) is 24.7 Å². The van der Waals surface area contributed by atoms with Gasteiger partial charge in [-0.15, -0.1) is 0 Å². The van der Waals surface area contributed by atoms with Crippen LogP contribution in [-0.2, 0) is 9.59 Å². The second kappa shape index (κ2) is 8.63. The van der Waals surface area contributed by atoms with E-state index in [0.29, 0.717) is 22.7 Å². The van der Waals surface area contributed by atoms with Gasteiger partial charge in [-0.1, -0.05) is 30.3 Å². The lowest BCUT2D eigenvalue weighted by atomic mass is 10.1. The van der Waals surface area contributed by atoms with Crippen molar-refractivity contribution >= 4 is 29.0 Å². The Morgan fingerprint density at radius 1 is 0.960 bits per heavy atom. The summed E-state index contributed by atoms with van der Waals surface area (Å²) in [5.41, 5.74) is 1.57. The van der Waals surface area contributed by atoms with E-state index in [1.165, 1.54) is 14.0 Å². The van der Waals surface area contributed by atoms with E-state index in [0.717, 1.165) is 0 Å². The summed E-state index contributed by atoms with van der Waals surface area (Å²) in [4.78, 5) is 35.3. The van der Waals surface area contributed by atoms with Crippen molar-refractivity contribution in [1.29, 1.82) is 0 Å². The monoisotopic (exact) mass is 340 g/mol. The molecule has 0 atom stereocenters. The van der Waals surface area contributed by atoms with Crippen LogP contribution in [0.25, 0.3) is 0 Å². The number of amides is 2. The fraction of sp³-hybridized carbons (Fsp3) is 0.211. The van der Waals surface area contributed by atoms with E-state index >= 15 is 0 Å². The Kier molecular flexibility index (Phi) is 6.28. The predicted molar refractivity (Wildman–Crippen MR) is 95.9 cm³/mol. The van der Waals surface area contributed by atoms with Gasteiger partial charge in [-0.05, 0) is 18.2 Å². The van der Waals surface area contributed by atoms with Crippen LogP contribution in [0.3, 0.4) is 0 Å². The van der Waals surface area contributed by atoms with Gasteiger partial charge in [0.15, 0.2) is 5.78 Å². The topological polar surface area (TPSA) is 84.5 Å². The van der Waals surface area contributed by atoms with Crippen molar-refractivity contribution in [1.82, 2.24) is 0 Å². The van der Waals surface area contributed by atoms with Crippen LogP contribution >= 0.6 is 0 Å². The molecule has 2 amide bonds. The van der Waals surface area contributed by atoms with Crippen LogP contribution in [0.2, 0.25) is 0 Å². The molecule has 0 saturated heterocycles. The van der Waals surface area contributed by atoms with Crippen molar-refractivity contribution in [3.8, 4) is 5.75 Å². The highest BCUT2D eigenvalue weighted by molar-refractivity contribution is 6.00. The van der Waals surface area contributed by atoms with Gasteiger partial charge in [-0.25, -0.2) is 0 Å². The van der Waals surface area contributed by atoms with Gasteiger partial charge in [-0.2, -0.15) is 0 Å². The number of Topliss-reactive ketones (excluding diaryl/α,β-unsaturated/α-hetero) is 1. The summed E-state index contributed by atoms with van der Waals surface area (Å²) >= 11 is 0. The van der Waals surface area contributed by atoms with Gasteiger partial charge in [0.1, 0.15) is 5.75 Å². The van der Waals surface area contributed by atoms with Crippen LogP contribution in [0.5, 0.6) is 5.75 Å². The van der Waals surface area contributed by atoms with E-state index in [4.69, 9.17) is 4.74 Å². The number of hydrogen-bond donors (Lipinski definition) is 2. The molecule has 0 aromatic heterocycles. The maximum atomic E-state index is 12.1. The Morgan fingerprint density at radius 3 is 2.32 bits per heavy atom. The van der Waals surface area contributed by atoms with Crippen LogP contribution in [0, 0.1) is 0 Å². The average Bonchev–Trinajstić information content (AvgIpc) is 2.60. The number of anilines is 2. The quantitative estimate of drug-likeness (QED) is 0.758. The number of rotatable bonds is 7. The van der Waals surface area contributed by atoms with Crippen LogP contribution < -0.4 is 15.4 Å². The molecule has 6 nitrogen and oxygen atoms in total. The first-order chi connectivity index (χ1) is 12.0. The van der Waals surface area contributed by atoms with Crippen molar-refractivity contribution in [2.45, 2.75) is 19.8 Å². The summed E-state index contributed by atoms with van der Waals surface area (Å²) in [6.45, 7) is 1.39. The summed E-state index contributed by atoms with van der Waals surface area (Å²) in [6.07, 6.45) is 0.208. The van der Waals surface area contributed by atoms with Crippen molar-refractivity contribution < 1.29 is 19.1 Å². The number of ether oxygens (including phenoxy) is 1. The third-order valence-electron chi connectivity index (χ3n) is 3.47. The van der Waals surface area contributed by atoms with E-state index in [9.17, 15) is 14.4 Å². The largest absolute Gasteiger partial charge is 0.495 e. The highest BCUT2D eigenvalue weighted by Crippen LogP contribution is 2.27. The summed E-state index contributed by atoms with van der Waals surface area (Å²) in [7, 11) is 1.49. The molecule has 0 spiro atoms. The molecule has 0 heterocycles. The maximum Gasteiger partial charge on any atom is 0.224 e. The standard InChI is InChI=1S/C19H20N2O4/c1-13(22)20-16-12-15(8-10-18(16)25-2)21-19(24)11-9-17(23)14-6-4-3-5-7-14/h3-8,10,12H,9,11H2,1-2H3,(H,20,22)(H,21,24). The first-order valence-corrected chi connectivity index (χ1v) is 7.83. The van der Waals surface area contributed by atoms with E-state index in [2.05, 4.69) is 10.6 Å². The second-order valence-electron chi connectivity index (χ2n) is 5.43. The zero-order chi connectivity index (χ0) is 18.2. The fourth-order valence-corrected chi connectivity index (χ4v) is 2.29. The average molecular weight is 340 g/mol. The van der Waals surface area contributed by atoms with Gasteiger partial charge in [0.2, 0.25) is 11.8 Å². The van der Waals surface area contributed by atoms with Gasteiger partial charge in [0.25, 0.3) is 0 Å². The molecule has 0 radical (unpaired) electrons. The maximum absolute atomic E-state index is 12.1. The molecule has 2 aromatic carbocycles. The number of methoxy groups -OCH3 is 1. The summed E-state index contributed by atoms with van der Waals surface area (Å²) in [5.74, 6) is -0.102. The lowest BCUT2D eigenvalue weighted by Gasteiger charge is -2.12. The Morgan fingerprint density at radius 2 is 1.68 bits per heavy atom. The number of benzene rings is 2. The molecule has 0 bridgehead atoms. The van der Waals surface area contributed by atoms with Crippen molar-refractivity contribution in [3.63, 3.8) is 0 Å². The van der Waals surface area contributed by atoms with E-state index in [-0.39, 0.29) is 30.4 Å². The zero-order valence-electron chi connectivity index (χ0n) is 14.2. The highest BCUT2D eigenvalue weighted by Gasteiger charge is 2.11. The molecule has 0 aliphatic heterocycles. The molecule has 2 rings (SSSR count). The van der Waals surface area contributed by atoms with Crippen molar-refractivity contribution in [2.24, 2.45) is 0 Å². The predicted octanol–water partition coefficient (Wildman–Crippen LogP) is 3.26. The third kappa shape index (κ3) is 5.46. The molecule has 130 valence electrons. The number of carbonyl (C=O) groups excluding carboxylic acids is 3. The summed E-state index contributed by atoms with van der Waals surface area (Å²) in [6, 6.07) is 13.8. The number of hydrogen-bond acceptors (Lipinski definition) is 4. The van der Waals surface area contributed by atoms with E-state index < -0.39 is 0 Å². The van der Waals surface area contributed by atoms with Crippen LogP contribution in [0.15, 0.2) is 48.5 Å². The number of ketones is 1. The number of carbonyl (C=O) groups is 3. The normalized spacial score (nSPS) is 10.0. The lowest BCUT2D eigenvalue weighted by molar-refractivity contribution is -0.116. The lowest BCUT2D eigenvalue weighted by Crippen LogP contribution is -2.14. The Bertz CT molecular complexity index is 772. The van der Waals surface area contributed by atoms with Crippen LogP contribution in [0.4, 0.5) is 11.4 Å². The molecular formula is C19H20N2O4. The summed E-state index contributed by atoms with van der Waals surface area (Å²) < 4.78 is 5.16. The molecule has 2 aromatic rings. The highest BCUT2D eigenvalue weighted by atomic mass is 16.5. The third-order valence-corrected chi connectivity index (χ3v) is 3.47. The minimum Gasteiger partial charge on any atom is -0.495 e. The molecule has 2 N–H and O–H groups in total. The molecule has 0 unspecified atom stereocenters. The molecule has 0 aliphatic rings. The molecule has 0 saturated carbocycles. The van der Waals surface area contributed by atoms with Crippen molar-refractivity contribution in [3.05, 3.63) is 54.1 Å². The zero-order valence-corrected chi connectivity index (χ0v) is 14.2. The Hall–Kier alpha value is -3.15. The smallest absolute Gasteiger partial charge is 0.224 e. The van der Waals surface area contributed by atoms with Gasteiger partial charge in [0.05, 0.1) is 12.8 Å². The van der Waals surface area contributed by atoms with Gasteiger partial charge >= 0.3 is 0 Å². The Balaban J connectivity index is 1.96. The second-order valence-corrected chi connectivity index (χ2v) is 5.43. The molecular weight excluding hydrogens is 320 g/mol. The van der Waals surface area contributed by atoms with E-state index in [1.807, 2.05) is 6.07 Å². The number of nitrogens with one attached hydrogen (secondary N) is 2. The SMILES string of the molecule is COc1ccc(NC(=O)CCC(=O)c2ccccc2)cc1NC(C)=O. The van der Waals surface area contributed by atoms with Crippen molar-refractivity contribution in [2.75, 3.05) is 17.7 Å². The minimum absolute atomic E-state index is 0.0786.